The molecule has 1 unspecified atom stereocenters. The van der Waals surface area contributed by atoms with Crippen molar-refractivity contribution in [2.75, 3.05) is 0 Å². The number of sulfonamides is 1. The van der Waals surface area contributed by atoms with Gasteiger partial charge < -0.3 is 0 Å². The number of benzene rings is 2. The van der Waals surface area contributed by atoms with Gasteiger partial charge >= 0.3 is 0 Å². The Morgan fingerprint density at radius 2 is 1.58 bits per heavy atom. The summed E-state index contributed by atoms with van der Waals surface area (Å²) in [4.78, 5) is 0.248. The van der Waals surface area contributed by atoms with E-state index in [9.17, 15) is 8.42 Å². The van der Waals surface area contributed by atoms with Crippen LogP contribution in [0.1, 0.15) is 18.5 Å². The Labute approximate surface area is 121 Å². The van der Waals surface area contributed by atoms with Crippen LogP contribution in [0.3, 0.4) is 0 Å². The lowest BCUT2D eigenvalue weighted by atomic mass is 10.1. The zero-order chi connectivity index (χ0) is 13.9. The van der Waals surface area contributed by atoms with Crippen molar-refractivity contribution in [2.24, 2.45) is 0 Å². The number of hydrogen-bond donors (Lipinski definition) is 1. The average Bonchev–Trinajstić information content (AvgIpc) is 2.39. The summed E-state index contributed by atoms with van der Waals surface area (Å²) in [5.74, 6) is 0. The number of rotatable bonds is 4. The highest BCUT2D eigenvalue weighted by Gasteiger charge is 2.20. The van der Waals surface area contributed by atoms with Gasteiger partial charge in [0.15, 0.2) is 0 Å². The Morgan fingerprint density at radius 3 is 2.21 bits per heavy atom. The van der Waals surface area contributed by atoms with E-state index in [4.69, 9.17) is 0 Å². The first kappa shape index (κ1) is 14.2. The molecule has 0 aliphatic carbocycles. The SMILES string of the molecule is CC(NS(=O)(=O)c1ccccc1Br)c1ccccc1. The van der Waals surface area contributed by atoms with Crippen LogP contribution in [0.5, 0.6) is 0 Å². The molecule has 1 N–H and O–H groups in total. The van der Waals surface area contributed by atoms with E-state index in [2.05, 4.69) is 20.7 Å². The minimum Gasteiger partial charge on any atom is -0.207 e. The van der Waals surface area contributed by atoms with Gasteiger partial charge in [-0.1, -0.05) is 42.5 Å². The predicted octanol–water partition coefficient (Wildman–Crippen LogP) is 3.49. The largest absolute Gasteiger partial charge is 0.242 e. The molecule has 0 bridgehead atoms. The van der Waals surface area contributed by atoms with E-state index >= 15 is 0 Å². The lowest BCUT2D eigenvalue weighted by Crippen LogP contribution is -2.27. The first-order valence-corrected chi connectivity index (χ1v) is 8.10. The standard InChI is InChI=1S/C14H14BrNO2S/c1-11(12-7-3-2-4-8-12)16-19(17,18)14-10-6-5-9-13(14)15/h2-11,16H,1H3. The van der Waals surface area contributed by atoms with Crippen LogP contribution in [0.15, 0.2) is 64.0 Å². The maximum absolute atomic E-state index is 12.3. The van der Waals surface area contributed by atoms with Crippen molar-refractivity contribution in [2.45, 2.75) is 17.9 Å². The molecule has 0 heterocycles. The second-order valence-corrected chi connectivity index (χ2v) is 6.72. The normalized spacial score (nSPS) is 13.2. The topological polar surface area (TPSA) is 46.2 Å². The van der Waals surface area contributed by atoms with Crippen LogP contribution in [0, 0.1) is 0 Å². The summed E-state index contributed by atoms with van der Waals surface area (Å²) >= 11 is 3.26. The Balaban J connectivity index is 2.26. The molecule has 0 aliphatic rings. The van der Waals surface area contributed by atoms with Crippen molar-refractivity contribution in [3.8, 4) is 0 Å². The predicted molar refractivity (Wildman–Crippen MR) is 79.3 cm³/mol. The Morgan fingerprint density at radius 1 is 1.00 bits per heavy atom. The van der Waals surface area contributed by atoms with Gasteiger partial charge in [0, 0.05) is 10.5 Å². The monoisotopic (exact) mass is 339 g/mol. The minimum absolute atomic E-state index is 0.248. The molecular weight excluding hydrogens is 326 g/mol. The third kappa shape index (κ3) is 3.43. The Bertz CT molecular complexity index is 656. The minimum atomic E-state index is -3.54. The number of hydrogen-bond acceptors (Lipinski definition) is 2. The van der Waals surface area contributed by atoms with Crippen LogP contribution < -0.4 is 4.72 Å². The van der Waals surface area contributed by atoms with Gasteiger partial charge in [0.2, 0.25) is 10.0 Å². The van der Waals surface area contributed by atoms with E-state index in [0.29, 0.717) is 4.47 Å². The molecule has 0 saturated carbocycles. The molecule has 0 aromatic heterocycles. The van der Waals surface area contributed by atoms with Gasteiger partial charge in [-0.05, 0) is 40.5 Å². The van der Waals surface area contributed by atoms with E-state index in [-0.39, 0.29) is 10.9 Å². The molecule has 3 nitrogen and oxygen atoms in total. The van der Waals surface area contributed by atoms with Crippen molar-refractivity contribution < 1.29 is 8.42 Å². The summed E-state index contributed by atoms with van der Waals surface area (Å²) in [6.07, 6.45) is 0. The summed E-state index contributed by atoms with van der Waals surface area (Å²) < 4.78 is 27.8. The molecule has 2 rings (SSSR count). The highest BCUT2D eigenvalue weighted by molar-refractivity contribution is 9.10. The molecule has 0 radical (unpaired) electrons. The van der Waals surface area contributed by atoms with Gasteiger partial charge in [0.05, 0.1) is 4.90 Å². The maximum atomic E-state index is 12.3. The van der Waals surface area contributed by atoms with Gasteiger partial charge in [0.1, 0.15) is 0 Å². The second-order valence-electron chi connectivity index (χ2n) is 4.18. The number of nitrogens with one attached hydrogen (secondary N) is 1. The van der Waals surface area contributed by atoms with Gasteiger partial charge in [-0.3, -0.25) is 0 Å². The third-order valence-electron chi connectivity index (χ3n) is 2.76. The molecule has 2 aromatic carbocycles. The van der Waals surface area contributed by atoms with Crippen molar-refractivity contribution in [1.29, 1.82) is 0 Å². The molecule has 0 amide bonds. The fourth-order valence-corrected chi connectivity index (χ4v) is 4.00. The fraction of sp³-hybridized carbons (Fsp3) is 0.143. The van der Waals surface area contributed by atoms with E-state index in [1.807, 2.05) is 37.3 Å². The molecule has 0 spiro atoms. The maximum Gasteiger partial charge on any atom is 0.242 e. The molecule has 100 valence electrons. The molecule has 0 aliphatic heterocycles. The quantitative estimate of drug-likeness (QED) is 0.926. The summed E-state index contributed by atoms with van der Waals surface area (Å²) in [7, 11) is -3.54. The first-order chi connectivity index (χ1) is 9.00. The lowest BCUT2D eigenvalue weighted by molar-refractivity contribution is 0.566. The molecule has 5 heteroatoms. The van der Waals surface area contributed by atoms with E-state index < -0.39 is 10.0 Å². The van der Waals surface area contributed by atoms with Gasteiger partial charge in [-0.2, -0.15) is 0 Å². The summed E-state index contributed by atoms with van der Waals surface area (Å²) in [6, 6.07) is 16.0. The van der Waals surface area contributed by atoms with Crippen molar-refractivity contribution in [3.63, 3.8) is 0 Å². The third-order valence-corrected chi connectivity index (χ3v) is 5.31. The van der Waals surface area contributed by atoms with Crippen LogP contribution in [-0.4, -0.2) is 8.42 Å². The van der Waals surface area contributed by atoms with Gasteiger partial charge in [-0.25, -0.2) is 13.1 Å². The van der Waals surface area contributed by atoms with E-state index in [0.717, 1.165) is 5.56 Å². The summed E-state index contributed by atoms with van der Waals surface area (Å²) in [5, 5.41) is 0. The zero-order valence-corrected chi connectivity index (χ0v) is 12.8. The van der Waals surface area contributed by atoms with Gasteiger partial charge in [0.25, 0.3) is 0 Å². The van der Waals surface area contributed by atoms with Crippen molar-refractivity contribution in [1.82, 2.24) is 4.72 Å². The molecule has 2 aromatic rings. The summed E-state index contributed by atoms with van der Waals surface area (Å²) in [5.41, 5.74) is 0.929. The van der Waals surface area contributed by atoms with Crippen LogP contribution >= 0.6 is 15.9 Å². The van der Waals surface area contributed by atoms with Crippen molar-refractivity contribution in [3.05, 3.63) is 64.6 Å². The van der Waals surface area contributed by atoms with Crippen LogP contribution in [0.4, 0.5) is 0 Å². The Kier molecular flexibility index (Phi) is 4.39. The number of halogens is 1. The lowest BCUT2D eigenvalue weighted by Gasteiger charge is -2.15. The van der Waals surface area contributed by atoms with Gasteiger partial charge in [-0.15, -0.1) is 0 Å². The zero-order valence-electron chi connectivity index (χ0n) is 10.4. The second kappa shape index (κ2) is 5.86. The summed E-state index contributed by atoms with van der Waals surface area (Å²) in [6.45, 7) is 1.82. The molecule has 0 saturated heterocycles. The highest BCUT2D eigenvalue weighted by atomic mass is 79.9. The highest BCUT2D eigenvalue weighted by Crippen LogP contribution is 2.23. The Hall–Kier alpha value is -1.17. The first-order valence-electron chi connectivity index (χ1n) is 5.82. The average molecular weight is 340 g/mol. The van der Waals surface area contributed by atoms with Crippen molar-refractivity contribution >= 4 is 26.0 Å². The van der Waals surface area contributed by atoms with Crippen LogP contribution in [0.25, 0.3) is 0 Å². The smallest absolute Gasteiger partial charge is 0.207 e. The molecule has 0 fully saturated rings. The molecule has 1 atom stereocenters. The molecule has 19 heavy (non-hydrogen) atoms. The fourth-order valence-electron chi connectivity index (χ4n) is 1.77. The van der Waals surface area contributed by atoms with Crippen LogP contribution in [0.2, 0.25) is 0 Å². The molecular formula is C14H14BrNO2S. The van der Waals surface area contributed by atoms with Crippen LogP contribution in [-0.2, 0) is 10.0 Å². The van der Waals surface area contributed by atoms with E-state index in [1.165, 1.54) is 0 Å². The van der Waals surface area contributed by atoms with E-state index in [1.54, 1.807) is 24.3 Å².